The summed E-state index contributed by atoms with van der Waals surface area (Å²) >= 11 is 0. The number of aryl methyl sites for hydroxylation is 1. The molecule has 1 fully saturated rings. The molecular formula is C29H42N6O6. The Bertz CT molecular complexity index is 1180. The predicted molar refractivity (Wildman–Crippen MR) is 153 cm³/mol. The molecule has 2 aromatic rings. The summed E-state index contributed by atoms with van der Waals surface area (Å²) in [5, 5.41) is 7.93. The number of hydrogen-bond acceptors (Lipinski definition) is 7. The number of ether oxygens (including phenoxy) is 2. The van der Waals surface area contributed by atoms with Gasteiger partial charge in [-0.2, -0.15) is 0 Å². The summed E-state index contributed by atoms with van der Waals surface area (Å²) in [6, 6.07) is 8.34. The van der Waals surface area contributed by atoms with E-state index in [1.807, 2.05) is 35.2 Å². The second-order valence-electron chi connectivity index (χ2n) is 11.6. The number of alkyl carbamates (subject to hydrolysis) is 1. The van der Waals surface area contributed by atoms with Crippen LogP contribution in [0, 0.1) is 0 Å². The zero-order valence-corrected chi connectivity index (χ0v) is 24.6. The van der Waals surface area contributed by atoms with E-state index >= 15 is 0 Å². The molecule has 12 heteroatoms. The number of likely N-dealkylation sites (tertiary alicyclic amines) is 1. The molecule has 3 N–H and O–H groups in total. The van der Waals surface area contributed by atoms with E-state index < -0.39 is 35.1 Å². The van der Waals surface area contributed by atoms with Gasteiger partial charge in [-0.3, -0.25) is 14.4 Å². The van der Waals surface area contributed by atoms with Crippen LogP contribution < -0.4 is 16.0 Å². The molecule has 1 atom stereocenters. The van der Waals surface area contributed by atoms with Crippen molar-refractivity contribution in [3.8, 4) is 0 Å². The number of anilines is 1. The van der Waals surface area contributed by atoms with Crippen molar-refractivity contribution >= 4 is 29.6 Å². The van der Waals surface area contributed by atoms with Crippen LogP contribution in [-0.2, 0) is 37.0 Å². The third kappa shape index (κ3) is 10.5. The molecule has 3 rings (SSSR count). The molecule has 1 aliphatic heterocycles. The lowest BCUT2D eigenvalue weighted by molar-refractivity contribution is -0.131. The smallest absolute Gasteiger partial charge is 0.408 e. The van der Waals surface area contributed by atoms with E-state index in [-0.39, 0.29) is 24.9 Å². The summed E-state index contributed by atoms with van der Waals surface area (Å²) in [5.74, 6) is -0.768. The van der Waals surface area contributed by atoms with Crippen LogP contribution in [0.25, 0.3) is 0 Å². The molecule has 0 bridgehead atoms. The van der Waals surface area contributed by atoms with Crippen molar-refractivity contribution in [1.29, 1.82) is 0 Å². The number of carbonyl (C=O) groups is 4. The first-order valence-corrected chi connectivity index (χ1v) is 13.9. The number of rotatable bonds is 12. The van der Waals surface area contributed by atoms with Crippen LogP contribution in [0.2, 0.25) is 0 Å². The fraction of sp³-hybridized carbons (Fsp3) is 0.552. The van der Waals surface area contributed by atoms with Crippen molar-refractivity contribution in [2.75, 3.05) is 25.0 Å². The van der Waals surface area contributed by atoms with Gasteiger partial charge in [0.25, 0.3) is 5.91 Å². The average Bonchev–Trinajstić information content (AvgIpc) is 3.58. The second kappa shape index (κ2) is 14.1. The lowest BCUT2D eigenvalue weighted by Gasteiger charge is -2.29. The summed E-state index contributed by atoms with van der Waals surface area (Å²) in [7, 11) is 0. The molecule has 2 heterocycles. The lowest BCUT2D eigenvalue weighted by Crippen LogP contribution is -2.59. The van der Waals surface area contributed by atoms with Gasteiger partial charge in [0.2, 0.25) is 11.8 Å². The Morgan fingerprint density at radius 3 is 2.37 bits per heavy atom. The molecule has 4 amide bonds. The highest BCUT2D eigenvalue weighted by atomic mass is 16.6. The van der Waals surface area contributed by atoms with Gasteiger partial charge in [0.1, 0.15) is 17.2 Å². The summed E-state index contributed by atoms with van der Waals surface area (Å²) < 4.78 is 12.8. The van der Waals surface area contributed by atoms with E-state index in [4.69, 9.17) is 9.47 Å². The largest absolute Gasteiger partial charge is 0.444 e. The molecule has 0 spiro atoms. The van der Waals surface area contributed by atoms with Gasteiger partial charge < -0.3 is 34.9 Å². The monoisotopic (exact) mass is 570 g/mol. The van der Waals surface area contributed by atoms with E-state index in [1.54, 1.807) is 37.9 Å². The molecule has 0 radical (unpaired) electrons. The Labute approximate surface area is 241 Å². The normalized spacial score (nSPS) is 14.3. The predicted octanol–water partition coefficient (Wildman–Crippen LogP) is 2.84. The Hall–Kier alpha value is -3.93. The summed E-state index contributed by atoms with van der Waals surface area (Å²) in [6.45, 7) is 10.3. The highest BCUT2D eigenvalue weighted by molar-refractivity contribution is 5.98. The number of amides is 4. The molecule has 1 saturated heterocycles. The zero-order valence-electron chi connectivity index (χ0n) is 24.6. The van der Waals surface area contributed by atoms with E-state index in [0.717, 1.165) is 31.5 Å². The summed E-state index contributed by atoms with van der Waals surface area (Å²) in [5.41, 5.74) is -1.22. The van der Waals surface area contributed by atoms with Gasteiger partial charge >= 0.3 is 6.09 Å². The maximum absolute atomic E-state index is 13.2. The third-order valence-corrected chi connectivity index (χ3v) is 6.33. The molecule has 41 heavy (non-hydrogen) atoms. The van der Waals surface area contributed by atoms with Crippen LogP contribution >= 0.6 is 0 Å². The number of imidazole rings is 1. The van der Waals surface area contributed by atoms with Crippen molar-refractivity contribution < 1.29 is 28.7 Å². The third-order valence-electron chi connectivity index (χ3n) is 6.33. The van der Waals surface area contributed by atoms with Crippen LogP contribution in [-0.4, -0.2) is 75.1 Å². The molecule has 1 aromatic carbocycles. The van der Waals surface area contributed by atoms with Gasteiger partial charge in [-0.15, -0.1) is 0 Å². The van der Waals surface area contributed by atoms with Crippen LogP contribution in [0.1, 0.15) is 59.4 Å². The number of nitrogens with zero attached hydrogens (tertiary/aromatic N) is 3. The second-order valence-corrected chi connectivity index (χ2v) is 11.6. The van der Waals surface area contributed by atoms with Crippen LogP contribution in [0.5, 0.6) is 0 Å². The van der Waals surface area contributed by atoms with Crippen molar-refractivity contribution in [3.63, 3.8) is 0 Å². The van der Waals surface area contributed by atoms with E-state index in [0.29, 0.717) is 13.0 Å². The minimum absolute atomic E-state index is 0.0998. The van der Waals surface area contributed by atoms with Crippen LogP contribution in [0.3, 0.4) is 0 Å². The number of benzene rings is 1. The fourth-order valence-electron chi connectivity index (χ4n) is 4.12. The molecule has 1 aliphatic rings. The summed E-state index contributed by atoms with van der Waals surface area (Å²) in [4.78, 5) is 57.1. The quantitative estimate of drug-likeness (QED) is 0.356. The van der Waals surface area contributed by atoms with E-state index in [9.17, 15) is 19.2 Å². The van der Waals surface area contributed by atoms with Gasteiger partial charge in [0.15, 0.2) is 5.82 Å². The highest BCUT2D eigenvalue weighted by Crippen LogP contribution is 2.13. The van der Waals surface area contributed by atoms with E-state index in [2.05, 4.69) is 20.9 Å². The Kier molecular flexibility index (Phi) is 10.9. The van der Waals surface area contributed by atoms with Gasteiger partial charge in [-0.1, -0.05) is 30.3 Å². The number of nitrogens with one attached hydrogen (secondary N) is 3. The molecule has 1 aromatic heterocycles. The van der Waals surface area contributed by atoms with Crippen LogP contribution in [0.4, 0.5) is 10.6 Å². The molecule has 0 unspecified atom stereocenters. The standard InChI is InChI=1S/C29H42N6O6/c1-28(2,3)41-27(39)33-29(4,5)26(38)31-22(19-40-18-21-11-7-6-8-12-21)25(37)32-23-17-34(20-30-23)16-13-24(36)35-14-9-10-15-35/h6-8,11-12,17,20,22H,9-10,13-16,18-19H2,1-5H3,(H,31,38)(H,32,37)(H,33,39)/t22-/m1/s1. The molecule has 0 aliphatic carbocycles. The van der Waals surface area contributed by atoms with Gasteiger partial charge in [-0.25, -0.2) is 9.78 Å². The minimum atomic E-state index is -1.39. The first-order chi connectivity index (χ1) is 19.3. The first-order valence-electron chi connectivity index (χ1n) is 13.9. The van der Waals surface area contributed by atoms with Crippen LogP contribution in [0.15, 0.2) is 42.9 Å². The van der Waals surface area contributed by atoms with Crippen molar-refractivity contribution in [3.05, 3.63) is 48.4 Å². The lowest BCUT2D eigenvalue weighted by atomic mass is 10.0. The highest BCUT2D eigenvalue weighted by Gasteiger charge is 2.34. The maximum Gasteiger partial charge on any atom is 0.408 e. The number of carbonyl (C=O) groups excluding carboxylic acids is 4. The number of aromatic nitrogens is 2. The van der Waals surface area contributed by atoms with Crippen molar-refractivity contribution in [1.82, 2.24) is 25.1 Å². The molecular weight excluding hydrogens is 528 g/mol. The SMILES string of the molecule is CC(C)(C)OC(=O)NC(C)(C)C(=O)N[C@H](COCc1ccccc1)C(=O)Nc1cn(CCC(=O)N2CCCC2)cn1. The molecule has 12 nitrogen and oxygen atoms in total. The topological polar surface area (TPSA) is 144 Å². The molecule has 224 valence electrons. The Morgan fingerprint density at radius 2 is 1.71 bits per heavy atom. The Balaban J connectivity index is 1.62. The van der Waals surface area contributed by atoms with Gasteiger partial charge in [-0.05, 0) is 53.0 Å². The van der Waals surface area contributed by atoms with E-state index in [1.165, 1.54) is 13.8 Å². The first kappa shape index (κ1) is 31.6. The number of hydrogen-bond donors (Lipinski definition) is 3. The Morgan fingerprint density at radius 1 is 1.02 bits per heavy atom. The fourth-order valence-corrected chi connectivity index (χ4v) is 4.12. The van der Waals surface area contributed by atoms with Gasteiger partial charge in [0, 0.05) is 32.3 Å². The maximum atomic E-state index is 13.2. The van der Waals surface area contributed by atoms with Crippen molar-refractivity contribution in [2.45, 2.75) is 84.2 Å². The van der Waals surface area contributed by atoms with Gasteiger partial charge in [0.05, 0.1) is 19.5 Å². The average molecular weight is 571 g/mol. The minimum Gasteiger partial charge on any atom is -0.444 e. The summed E-state index contributed by atoms with van der Waals surface area (Å²) in [6.07, 6.45) is 4.83. The molecule has 0 saturated carbocycles. The zero-order chi connectivity index (χ0) is 30.0. The van der Waals surface area contributed by atoms with Crippen molar-refractivity contribution in [2.24, 2.45) is 0 Å².